The standard InChI is InChI=1S/C15H23N3OS2.ClH/c16-7-4-13-17-12(10-20-13)14(19)18-8-9-21-15(11-18)5-2-1-3-6-15;/h10H,1-9,11,16H2;1H. The zero-order valence-corrected chi connectivity index (χ0v) is 15.2. The topological polar surface area (TPSA) is 59.2 Å². The first-order valence-electron chi connectivity index (χ1n) is 7.80. The maximum Gasteiger partial charge on any atom is 0.273 e. The Hall–Kier alpha value is -0.300. The summed E-state index contributed by atoms with van der Waals surface area (Å²) in [5, 5.41) is 2.86. The average molecular weight is 362 g/mol. The molecule has 1 aromatic heterocycles. The Morgan fingerprint density at radius 1 is 1.36 bits per heavy atom. The Morgan fingerprint density at radius 2 is 2.14 bits per heavy atom. The van der Waals surface area contributed by atoms with E-state index >= 15 is 0 Å². The summed E-state index contributed by atoms with van der Waals surface area (Å²) in [6.07, 6.45) is 7.26. The number of nitrogens with two attached hydrogens (primary N) is 1. The van der Waals surface area contributed by atoms with Crippen LogP contribution in [0.25, 0.3) is 0 Å². The van der Waals surface area contributed by atoms with Gasteiger partial charge in [-0.2, -0.15) is 11.8 Å². The van der Waals surface area contributed by atoms with Gasteiger partial charge in [0.15, 0.2) is 0 Å². The van der Waals surface area contributed by atoms with E-state index in [4.69, 9.17) is 5.73 Å². The minimum atomic E-state index is 0. The van der Waals surface area contributed by atoms with Crippen LogP contribution >= 0.6 is 35.5 Å². The highest BCUT2D eigenvalue weighted by molar-refractivity contribution is 8.00. The second kappa shape index (κ2) is 7.99. The molecular formula is C15H24ClN3OS2. The Morgan fingerprint density at radius 3 is 2.86 bits per heavy atom. The highest BCUT2D eigenvalue weighted by atomic mass is 35.5. The number of aromatic nitrogens is 1. The van der Waals surface area contributed by atoms with Crippen LogP contribution in [0.3, 0.4) is 0 Å². The Labute approximate surface area is 146 Å². The van der Waals surface area contributed by atoms with E-state index in [0.29, 0.717) is 17.0 Å². The molecule has 1 aliphatic carbocycles. The van der Waals surface area contributed by atoms with E-state index in [9.17, 15) is 4.79 Å². The predicted molar refractivity (Wildman–Crippen MR) is 96.3 cm³/mol. The molecule has 22 heavy (non-hydrogen) atoms. The van der Waals surface area contributed by atoms with Crippen LogP contribution in [0.4, 0.5) is 0 Å². The second-order valence-electron chi connectivity index (χ2n) is 5.98. The lowest BCUT2D eigenvalue weighted by Crippen LogP contribution is -2.50. The Bertz CT molecular complexity index is 497. The number of carbonyl (C=O) groups is 1. The number of amides is 1. The molecule has 3 rings (SSSR count). The lowest BCUT2D eigenvalue weighted by atomic mass is 9.87. The average Bonchev–Trinajstić information content (AvgIpc) is 2.96. The van der Waals surface area contributed by atoms with E-state index in [1.54, 1.807) is 11.3 Å². The van der Waals surface area contributed by atoms with Crippen molar-refractivity contribution in [1.29, 1.82) is 0 Å². The molecule has 2 N–H and O–H groups in total. The molecule has 1 spiro atoms. The van der Waals surface area contributed by atoms with E-state index in [1.165, 1.54) is 32.1 Å². The van der Waals surface area contributed by atoms with Crippen molar-refractivity contribution < 1.29 is 4.79 Å². The van der Waals surface area contributed by atoms with Gasteiger partial charge >= 0.3 is 0 Å². The van der Waals surface area contributed by atoms with E-state index in [-0.39, 0.29) is 18.3 Å². The molecule has 0 radical (unpaired) electrons. The summed E-state index contributed by atoms with van der Waals surface area (Å²) in [6, 6.07) is 0. The molecule has 1 aromatic rings. The zero-order valence-electron chi connectivity index (χ0n) is 12.8. The van der Waals surface area contributed by atoms with Gasteiger partial charge in [0.05, 0.1) is 5.01 Å². The van der Waals surface area contributed by atoms with Crippen LogP contribution in [0, 0.1) is 0 Å². The highest BCUT2D eigenvalue weighted by Crippen LogP contribution is 2.42. The third-order valence-corrected chi connectivity index (χ3v) is 6.87. The maximum atomic E-state index is 12.7. The first kappa shape index (κ1) is 18.0. The second-order valence-corrected chi connectivity index (χ2v) is 8.49. The van der Waals surface area contributed by atoms with Gasteiger partial charge in [0, 0.05) is 35.4 Å². The number of carbonyl (C=O) groups excluding carboxylic acids is 1. The van der Waals surface area contributed by atoms with Gasteiger partial charge < -0.3 is 10.6 Å². The summed E-state index contributed by atoms with van der Waals surface area (Å²) in [5.41, 5.74) is 6.16. The molecule has 2 fully saturated rings. The normalized spacial score (nSPS) is 20.7. The Kier molecular flexibility index (Phi) is 6.56. The maximum absolute atomic E-state index is 12.7. The molecule has 1 amide bonds. The lowest BCUT2D eigenvalue weighted by Gasteiger charge is -2.44. The quantitative estimate of drug-likeness (QED) is 0.899. The summed E-state index contributed by atoms with van der Waals surface area (Å²) in [7, 11) is 0. The predicted octanol–water partition coefficient (Wildman–Crippen LogP) is 2.96. The highest BCUT2D eigenvalue weighted by Gasteiger charge is 2.39. The van der Waals surface area contributed by atoms with Crippen molar-refractivity contribution in [2.24, 2.45) is 5.73 Å². The Balaban J connectivity index is 0.00000176. The molecule has 0 unspecified atom stereocenters. The SMILES string of the molecule is Cl.NCCc1nc(C(=O)N2CCSC3(CCCCC3)C2)cs1. The van der Waals surface area contributed by atoms with Gasteiger partial charge in [0.1, 0.15) is 5.69 Å². The van der Waals surface area contributed by atoms with Gasteiger partial charge in [0.2, 0.25) is 0 Å². The van der Waals surface area contributed by atoms with Gasteiger partial charge in [-0.15, -0.1) is 23.7 Å². The third-order valence-electron chi connectivity index (χ3n) is 4.43. The van der Waals surface area contributed by atoms with Gasteiger partial charge in [-0.25, -0.2) is 4.98 Å². The first-order valence-corrected chi connectivity index (χ1v) is 9.67. The molecule has 1 aliphatic heterocycles. The molecule has 1 saturated carbocycles. The number of halogens is 1. The van der Waals surface area contributed by atoms with Crippen LogP contribution in [0.15, 0.2) is 5.38 Å². The molecule has 4 nitrogen and oxygen atoms in total. The van der Waals surface area contributed by atoms with E-state index in [2.05, 4.69) is 16.7 Å². The minimum Gasteiger partial charge on any atom is -0.335 e. The number of thiazole rings is 1. The number of nitrogens with zero attached hydrogens (tertiary/aromatic N) is 2. The van der Waals surface area contributed by atoms with Gasteiger partial charge in [-0.05, 0) is 19.4 Å². The van der Waals surface area contributed by atoms with Crippen molar-refractivity contribution in [2.75, 3.05) is 25.4 Å². The monoisotopic (exact) mass is 361 g/mol. The van der Waals surface area contributed by atoms with E-state index in [1.807, 2.05) is 10.3 Å². The fourth-order valence-corrected chi connectivity index (χ4v) is 5.68. The zero-order chi connectivity index (χ0) is 14.7. The molecule has 1 saturated heterocycles. The van der Waals surface area contributed by atoms with Crippen LogP contribution in [-0.4, -0.2) is 45.9 Å². The minimum absolute atomic E-state index is 0. The summed E-state index contributed by atoms with van der Waals surface area (Å²) >= 11 is 3.64. The van der Waals surface area contributed by atoms with Crippen molar-refractivity contribution >= 4 is 41.4 Å². The number of hydrogen-bond acceptors (Lipinski definition) is 5. The molecule has 0 aromatic carbocycles. The molecule has 7 heteroatoms. The van der Waals surface area contributed by atoms with Crippen LogP contribution in [0.5, 0.6) is 0 Å². The molecule has 2 aliphatic rings. The van der Waals surface area contributed by atoms with Crippen molar-refractivity contribution in [3.8, 4) is 0 Å². The molecule has 2 heterocycles. The van der Waals surface area contributed by atoms with Crippen LogP contribution in [-0.2, 0) is 6.42 Å². The number of hydrogen-bond donors (Lipinski definition) is 1. The van der Waals surface area contributed by atoms with Crippen molar-refractivity contribution in [3.05, 3.63) is 16.1 Å². The summed E-state index contributed by atoms with van der Waals surface area (Å²) in [5.74, 6) is 1.17. The number of rotatable bonds is 3. The van der Waals surface area contributed by atoms with E-state index < -0.39 is 0 Å². The summed E-state index contributed by atoms with van der Waals surface area (Å²) in [6.45, 7) is 2.35. The van der Waals surface area contributed by atoms with Crippen molar-refractivity contribution in [2.45, 2.75) is 43.3 Å². The summed E-state index contributed by atoms with van der Waals surface area (Å²) in [4.78, 5) is 19.2. The fourth-order valence-electron chi connectivity index (χ4n) is 3.33. The smallest absolute Gasteiger partial charge is 0.273 e. The van der Waals surface area contributed by atoms with Crippen LogP contribution in [0.1, 0.15) is 47.6 Å². The van der Waals surface area contributed by atoms with Gasteiger partial charge in [0.25, 0.3) is 5.91 Å². The molecule has 124 valence electrons. The first-order chi connectivity index (χ1) is 10.2. The van der Waals surface area contributed by atoms with Crippen LogP contribution in [0.2, 0.25) is 0 Å². The van der Waals surface area contributed by atoms with Crippen LogP contribution < -0.4 is 5.73 Å². The third kappa shape index (κ3) is 3.96. The van der Waals surface area contributed by atoms with Gasteiger partial charge in [-0.1, -0.05) is 19.3 Å². The van der Waals surface area contributed by atoms with Crippen molar-refractivity contribution in [3.63, 3.8) is 0 Å². The van der Waals surface area contributed by atoms with Gasteiger partial charge in [-0.3, -0.25) is 4.79 Å². The lowest BCUT2D eigenvalue weighted by molar-refractivity contribution is 0.0725. The summed E-state index contributed by atoms with van der Waals surface area (Å²) < 4.78 is 0.322. The van der Waals surface area contributed by atoms with Crippen molar-refractivity contribution in [1.82, 2.24) is 9.88 Å². The number of thioether (sulfide) groups is 1. The molecule has 0 bridgehead atoms. The fraction of sp³-hybridized carbons (Fsp3) is 0.733. The molecular weight excluding hydrogens is 338 g/mol. The van der Waals surface area contributed by atoms with E-state index in [0.717, 1.165) is 30.3 Å². The largest absolute Gasteiger partial charge is 0.335 e. The molecule has 0 atom stereocenters.